The smallest absolute Gasteiger partial charge is 0.143 e. The molecule has 1 N–H and O–H groups in total. The lowest BCUT2D eigenvalue weighted by Crippen LogP contribution is -1.96. The Morgan fingerprint density at radius 3 is 1.94 bits per heavy atom. The number of nitrogens with one attached hydrogen (secondary N) is 1. The van der Waals surface area contributed by atoms with Gasteiger partial charge in [-0.1, -0.05) is 127 Å². The Morgan fingerprint density at radius 2 is 1.17 bits per heavy atom. The number of aromatic amines is 1. The quantitative estimate of drug-likeness (QED) is 0.194. The van der Waals surface area contributed by atoms with E-state index < -0.39 is 0 Å². The van der Waals surface area contributed by atoms with Gasteiger partial charge in [-0.2, -0.15) is 0 Å². The van der Waals surface area contributed by atoms with Crippen LogP contribution < -0.4 is 0 Å². The van der Waals surface area contributed by atoms with Crippen LogP contribution in [0.3, 0.4) is 0 Å². The minimum Gasteiger partial charge on any atom is -0.455 e. The second kappa shape index (κ2) is 9.70. The van der Waals surface area contributed by atoms with Crippen molar-refractivity contribution < 1.29 is 4.42 Å². The number of aromatic nitrogens is 1. The van der Waals surface area contributed by atoms with Crippen molar-refractivity contribution in [3.05, 3.63) is 151 Å². The number of rotatable bonds is 2. The minimum absolute atomic E-state index is 0.931. The van der Waals surface area contributed by atoms with Gasteiger partial charge in [0.05, 0.1) is 5.52 Å². The van der Waals surface area contributed by atoms with E-state index in [1.165, 1.54) is 87.2 Å². The highest BCUT2D eigenvalue weighted by Gasteiger charge is 2.22. The number of fused-ring (bicyclic) bond motifs is 13. The predicted molar refractivity (Wildman–Crippen MR) is 204 cm³/mol. The molecule has 10 aromatic rings. The molecule has 224 valence electrons. The second-order valence-electron chi connectivity index (χ2n) is 13.1. The van der Waals surface area contributed by atoms with Crippen LogP contribution in [0.4, 0.5) is 0 Å². The van der Waals surface area contributed by atoms with E-state index in [0.717, 1.165) is 35.1 Å². The zero-order valence-corrected chi connectivity index (χ0v) is 26.2. The summed E-state index contributed by atoms with van der Waals surface area (Å²) in [6, 6.07) is 48.7. The Bertz CT molecular complexity index is 2950. The van der Waals surface area contributed by atoms with Crippen LogP contribution in [0.5, 0.6) is 0 Å². The van der Waals surface area contributed by atoms with Crippen LogP contribution >= 0.6 is 0 Å². The third-order valence-corrected chi connectivity index (χ3v) is 10.7. The first-order valence-corrected chi connectivity index (χ1v) is 16.8. The van der Waals surface area contributed by atoms with Gasteiger partial charge in [0, 0.05) is 38.0 Å². The van der Waals surface area contributed by atoms with Crippen molar-refractivity contribution in [2.45, 2.75) is 12.8 Å². The lowest BCUT2D eigenvalue weighted by Gasteiger charge is -2.18. The van der Waals surface area contributed by atoms with Crippen LogP contribution in [-0.4, -0.2) is 4.98 Å². The maximum Gasteiger partial charge on any atom is 0.143 e. The van der Waals surface area contributed by atoms with Gasteiger partial charge in [-0.05, 0) is 85.8 Å². The minimum atomic E-state index is 0.931. The summed E-state index contributed by atoms with van der Waals surface area (Å²) in [7, 11) is 0. The van der Waals surface area contributed by atoms with Gasteiger partial charge in [-0.25, -0.2) is 0 Å². The molecule has 0 unspecified atom stereocenters. The number of allylic oxidation sites excluding steroid dienone is 1. The third-order valence-electron chi connectivity index (χ3n) is 10.7. The molecule has 1 aliphatic rings. The predicted octanol–water partition coefficient (Wildman–Crippen LogP) is 13.0. The summed E-state index contributed by atoms with van der Waals surface area (Å²) in [5.41, 5.74) is 11.9. The topological polar surface area (TPSA) is 28.9 Å². The van der Waals surface area contributed by atoms with Gasteiger partial charge in [0.15, 0.2) is 0 Å². The van der Waals surface area contributed by atoms with Gasteiger partial charge < -0.3 is 9.40 Å². The summed E-state index contributed by atoms with van der Waals surface area (Å²) in [4.78, 5) is 3.77. The molecule has 2 aromatic heterocycles. The zero-order chi connectivity index (χ0) is 31.3. The van der Waals surface area contributed by atoms with Crippen molar-refractivity contribution in [2.24, 2.45) is 0 Å². The monoisotopic (exact) mass is 611 g/mol. The van der Waals surface area contributed by atoms with Crippen molar-refractivity contribution in [1.29, 1.82) is 0 Å². The van der Waals surface area contributed by atoms with Crippen LogP contribution in [0.25, 0.3) is 104 Å². The first-order chi connectivity index (χ1) is 23.8. The van der Waals surface area contributed by atoms with E-state index in [1.807, 2.05) is 0 Å². The fourth-order valence-electron chi connectivity index (χ4n) is 8.64. The first kappa shape index (κ1) is 26.0. The largest absolute Gasteiger partial charge is 0.455 e. The molecular weight excluding hydrogens is 583 g/mol. The average Bonchev–Trinajstić information content (AvgIpc) is 3.73. The van der Waals surface area contributed by atoms with Crippen molar-refractivity contribution in [3.8, 4) is 22.3 Å². The molecule has 0 fully saturated rings. The van der Waals surface area contributed by atoms with E-state index in [4.69, 9.17) is 4.42 Å². The van der Waals surface area contributed by atoms with Gasteiger partial charge >= 0.3 is 0 Å². The molecule has 0 aliphatic heterocycles. The van der Waals surface area contributed by atoms with E-state index in [-0.39, 0.29) is 0 Å². The summed E-state index contributed by atoms with van der Waals surface area (Å²) >= 11 is 0. The Hall–Kier alpha value is -6.12. The molecule has 8 aromatic carbocycles. The van der Waals surface area contributed by atoms with Crippen LogP contribution in [0.1, 0.15) is 17.5 Å². The van der Waals surface area contributed by atoms with Crippen molar-refractivity contribution in [2.75, 3.05) is 0 Å². The van der Waals surface area contributed by atoms with Gasteiger partial charge in [0.25, 0.3) is 0 Å². The molecule has 2 nitrogen and oxygen atoms in total. The standard InChI is InChI=1S/C46H29NO/c1-3-15-31-28(12-1)29-13-2-8-20-37(29)46-44(31)38-25-24-27(26-41(38)48-46)42-32-16-4-6-18-34(32)43(35-19-7-5-17-33(35)42)39-22-11-21-36-30-14-9-10-23-40(30)47-45(36)39/h2-11,13-26,47H,1,12H2. The average molecular weight is 612 g/mol. The third kappa shape index (κ3) is 3.47. The molecule has 0 saturated heterocycles. The van der Waals surface area contributed by atoms with E-state index in [2.05, 4.69) is 151 Å². The molecule has 1 aliphatic carbocycles. The SMILES string of the molecule is C1=Cc2c(c3ccccc3c3oc4cc(-c5c6ccccc6c(-c6cccc7c6[nH]c6ccccc67)c6ccccc56)ccc4c23)CC1. The summed E-state index contributed by atoms with van der Waals surface area (Å²) in [5, 5.41) is 12.4. The van der Waals surface area contributed by atoms with E-state index >= 15 is 0 Å². The number of hydrogen-bond donors (Lipinski definition) is 1. The van der Waals surface area contributed by atoms with Gasteiger partial charge in [0.1, 0.15) is 11.2 Å². The Kier molecular flexibility index (Phi) is 5.25. The molecule has 0 atom stereocenters. The molecule has 0 amide bonds. The number of benzene rings is 8. The number of para-hydroxylation sites is 2. The van der Waals surface area contributed by atoms with Crippen molar-refractivity contribution >= 4 is 82.1 Å². The van der Waals surface area contributed by atoms with E-state index in [1.54, 1.807) is 0 Å². The fourth-order valence-corrected chi connectivity index (χ4v) is 8.64. The number of furan rings is 1. The number of hydrogen-bond acceptors (Lipinski definition) is 1. The molecule has 2 heteroatoms. The van der Waals surface area contributed by atoms with Gasteiger partial charge in [-0.15, -0.1) is 0 Å². The summed E-state index contributed by atoms with van der Waals surface area (Å²) in [6.45, 7) is 0. The van der Waals surface area contributed by atoms with Crippen LogP contribution in [0, 0.1) is 0 Å². The molecule has 2 heterocycles. The number of aryl methyl sites for hydroxylation is 1. The van der Waals surface area contributed by atoms with E-state index in [0.29, 0.717) is 0 Å². The molecule has 0 saturated carbocycles. The van der Waals surface area contributed by atoms with Crippen molar-refractivity contribution in [3.63, 3.8) is 0 Å². The summed E-state index contributed by atoms with van der Waals surface area (Å²) in [5.74, 6) is 0. The molecular formula is C46H29NO. The van der Waals surface area contributed by atoms with E-state index in [9.17, 15) is 0 Å². The highest BCUT2D eigenvalue weighted by atomic mass is 16.3. The van der Waals surface area contributed by atoms with Crippen LogP contribution in [-0.2, 0) is 6.42 Å². The Balaban J connectivity index is 1.22. The second-order valence-corrected chi connectivity index (χ2v) is 13.1. The van der Waals surface area contributed by atoms with Gasteiger partial charge in [-0.3, -0.25) is 0 Å². The lowest BCUT2D eigenvalue weighted by molar-refractivity contribution is 0.672. The maximum atomic E-state index is 6.85. The highest BCUT2D eigenvalue weighted by Crippen LogP contribution is 2.47. The maximum absolute atomic E-state index is 6.85. The van der Waals surface area contributed by atoms with Crippen LogP contribution in [0.15, 0.2) is 144 Å². The lowest BCUT2D eigenvalue weighted by atomic mass is 9.85. The summed E-state index contributed by atoms with van der Waals surface area (Å²) in [6.07, 6.45) is 6.75. The molecule has 0 bridgehead atoms. The fraction of sp³-hybridized carbons (Fsp3) is 0.0435. The highest BCUT2D eigenvalue weighted by molar-refractivity contribution is 6.26. The molecule has 11 rings (SSSR count). The van der Waals surface area contributed by atoms with Crippen molar-refractivity contribution in [1.82, 2.24) is 4.98 Å². The summed E-state index contributed by atoms with van der Waals surface area (Å²) < 4.78 is 6.85. The zero-order valence-electron chi connectivity index (χ0n) is 26.2. The molecule has 0 radical (unpaired) electrons. The normalized spacial score (nSPS) is 13.2. The Labute approximate surface area is 276 Å². The number of H-pyrrole nitrogens is 1. The van der Waals surface area contributed by atoms with Gasteiger partial charge in [0.2, 0.25) is 0 Å². The Morgan fingerprint density at radius 1 is 0.521 bits per heavy atom. The first-order valence-electron chi connectivity index (χ1n) is 16.8. The van der Waals surface area contributed by atoms with Crippen LogP contribution in [0.2, 0.25) is 0 Å². The molecule has 0 spiro atoms. The molecule has 48 heavy (non-hydrogen) atoms.